The Labute approximate surface area is 152 Å². The number of allylic oxidation sites excluding steroid dienone is 2. The Morgan fingerprint density at radius 1 is 1.19 bits per heavy atom. The van der Waals surface area contributed by atoms with Gasteiger partial charge < -0.3 is 20.1 Å². The maximum Gasteiger partial charge on any atom is 0.309 e. The summed E-state index contributed by atoms with van der Waals surface area (Å²) in [7, 11) is 1.51. The van der Waals surface area contributed by atoms with Gasteiger partial charge >= 0.3 is 5.97 Å². The maximum atomic E-state index is 12.0. The zero-order valence-corrected chi connectivity index (χ0v) is 15.0. The molecule has 0 spiro atoms. The number of hydrogen-bond acceptors (Lipinski definition) is 5. The SMILES string of the molecule is COc1ccc(C)cc1NC(=O)CNC(=O)COC(=O)C1CC=CCC1. The highest BCUT2D eigenvalue weighted by atomic mass is 16.5. The average Bonchev–Trinajstić information content (AvgIpc) is 2.65. The highest BCUT2D eigenvalue weighted by Gasteiger charge is 2.21. The van der Waals surface area contributed by atoms with Gasteiger partial charge in [0.1, 0.15) is 5.75 Å². The number of carbonyl (C=O) groups is 3. The number of anilines is 1. The molecule has 0 saturated carbocycles. The smallest absolute Gasteiger partial charge is 0.309 e. The Morgan fingerprint density at radius 2 is 2.00 bits per heavy atom. The Morgan fingerprint density at radius 3 is 2.69 bits per heavy atom. The molecule has 0 aliphatic heterocycles. The van der Waals surface area contributed by atoms with Crippen LogP contribution in [0.3, 0.4) is 0 Å². The second-order valence-electron chi connectivity index (χ2n) is 6.12. The van der Waals surface area contributed by atoms with Gasteiger partial charge in [0.2, 0.25) is 5.91 Å². The second kappa shape index (κ2) is 9.60. The number of benzene rings is 1. The molecule has 0 aromatic heterocycles. The van der Waals surface area contributed by atoms with Crippen LogP contribution < -0.4 is 15.4 Å². The quantitative estimate of drug-likeness (QED) is 0.573. The minimum Gasteiger partial charge on any atom is -0.495 e. The molecule has 2 amide bonds. The molecule has 26 heavy (non-hydrogen) atoms. The molecule has 140 valence electrons. The fourth-order valence-corrected chi connectivity index (χ4v) is 2.61. The monoisotopic (exact) mass is 360 g/mol. The van der Waals surface area contributed by atoms with E-state index in [1.807, 2.05) is 25.1 Å². The van der Waals surface area contributed by atoms with Gasteiger partial charge in [0.25, 0.3) is 5.91 Å². The van der Waals surface area contributed by atoms with Gasteiger partial charge in [-0.1, -0.05) is 18.2 Å². The molecule has 0 fully saturated rings. The lowest BCUT2D eigenvalue weighted by Crippen LogP contribution is -2.36. The van der Waals surface area contributed by atoms with Crippen molar-refractivity contribution in [2.45, 2.75) is 26.2 Å². The highest BCUT2D eigenvalue weighted by Crippen LogP contribution is 2.25. The van der Waals surface area contributed by atoms with Crippen molar-refractivity contribution in [3.63, 3.8) is 0 Å². The molecule has 0 radical (unpaired) electrons. The van der Waals surface area contributed by atoms with Gasteiger partial charge in [0.05, 0.1) is 25.3 Å². The lowest BCUT2D eigenvalue weighted by molar-refractivity contribution is -0.152. The van der Waals surface area contributed by atoms with Crippen molar-refractivity contribution in [1.29, 1.82) is 0 Å². The summed E-state index contributed by atoms with van der Waals surface area (Å²) in [4.78, 5) is 35.6. The molecular formula is C19H24N2O5. The largest absolute Gasteiger partial charge is 0.495 e. The fraction of sp³-hybridized carbons (Fsp3) is 0.421. The van der Waals surface area contributed by atoms with Gasteiger partial charge in [-0.05, 0) is 43.9 Å². The van der Waals surface area contributed by atoms with Gasteiger partial charge in [0.15, 0.2) is 6.61 Å². The summed E-state index contributed by atoms with van der Waals surface area (Å²) in [6, 6.07) is 5.40. The zero-order chi connectivity index (χ0) is 18.9. The molecule has 7 heteroatoms. The molecule has 1 aliphatic carbocycles. The Hall–Kier alpha value is -2.83. The summed E-state index contributed by atoms with van der Waals surface area (Å²) in [6.45, 7) is 1.28. The van der Waals surface area contributed by atoms with Crippen LogP contribution in [0.4, 0.5) is 5.69 Å². The first-order valence-corrected chi connectivity index (χ1v) is 8.52. The average molecular weight is 360 g/mol. The van der Waals surface area contributed by atoms with E-state index in [9.17, 15) is 14.4 Å². The molecule has 1 atom stereocenters. The number of methoxy groups -OCH3 is 1. The van der Waals surface area contributed by atoms with Crippen molar-refractivity contribution >= 4 is 23.5 Å². The van der Waals surface area contributed by atoms with E-state index in [-0.39, 0.29) is 25.0 Å². The molecule has 1 aromatic rings. The first kappa shape index (κ1) is 19.5. The van der Waals surface area contributed by atoms with Crippen LogP contribution in [0, 0.1) is 12.8 Å². The van der Waals surface area contributed by atoms with Crippen molar-refractivity contribution in [2.75, 3.05) is 25.6 Å². The van der Waals surface area contributed by atoms with Crippen molar-refractivity contribution in [2.24, 2.45) is 5.92 Å². The molecule has 1 aromatic carbocycles. The number of rotatable bonds is 7. The molecule has 0 bridgehead atoms. The molecule has 7 nitrogen and oxygen atoms in total. The van der Waals surface area contributed by atoms with Crippen molar-refractivity contribution < 1.29 is 23.9 Å². The van der Waals surface area contributed by atoms with Gasteiger partial charge in [-0.3, -0.25) is 14.4 Å². The number of nitrogens with one attached hydrogen (secondary N) is 2. The first-order valence-electron chi connectivity index (χ1n) is 8.52. The van der Waals surface area contributed by atoms with E-state index in [2.05, 4.69) is 10.6 Å². The summed E-state index contributed by atoms with van der Waals surface area (Å²) < 4.78 is 10.2. The second-order valence-corrected chi connectivity index (χ2v) is 6.12. The topological polar surface area (TPSA) is 93.7 Å². The van der Waals surface area contributed by atoms with Crippen LogP contribution in [0.25, 0.3) is 0 Å². The molecule has 0 heterocycles. The van der Waals surface area contributed by atoms with E-state index in [1.165, 1.54) is 7.11 Å². The van der Waals surface area contributed by atoms with E-state index in [0.717, 1.165) is 18.4 Å². The number of hydrogen-bond donors (Lipinski definition) is 2. The minimum absolute atomic E-state index is 0.190. The van der Waals surface area contributed by atoms with E-state index in [0.29, 0.717) is 17.9 Å². The maximum absolute atomic E-state index is 12.0. The molecule has 1 aliphatic rings. The number of ether oxygens (including phenoxy) is 2. The van der Waals surface area contributed by atoms with Gasteiger partial charge in [0, 0.05) is 0 Å². The minimum atomic E-state index is -0.518. The summed E-state index contributed by atoms with van der Waals surface area (Å²) in [5.74, 6) is -0.948. The van der Waals surface area contributed by atoms with Crippen LogP contribution in [0.1, 0.15) is 24.8 Å². The molecule has 1 unspecified atom stereocenters. The Balaban J connectivity index is 1.73. The van der Waals surface area contributed by atoms with Gasteiger partial charge in [-0.25, -0.2) is 0 Å². The lowest BCUT2D eigenvalue weighted by Gasteiger charge is -2.16. The van der Waals surface area contributed by atoms with E-state index >= 15 is 0 Å². The van der Waals surface area contributed by atoms with Crippen molar-refractivity contribution in [1.82, 2.24) is 5.32 Å². The third kappa shape index (κ3) is 5.91. The Kier molecular flexibility index (Phi) is 7.20. The normalized spacial score (nSPS) is 15.8. The van der Waals surface area contributed by atoms with Crippen LogP contribution in [-0.4, -0.2) is 38.0 Å². The highest BCUT2D eigenvalue weighted by molar-refractivity contribution is 5.96. The summed E-state index contributed by atoms with van der Waals surface area (Å²) in [5.41, 5.74) is 1.50. The molecule has 2 rings (SSSR count). The number of esters is 1. The van der Waals surface area contributed by atoms with Crippen LogP contribution >= 0.6 is 0 Å². The van der Waals surface area contributed by atoms with E-state index < -0.39 is 11.8 Å². The van der Waals surface area contributed by atoms with Crippen LogP contribution in [0.5, 0.6) is 5.75 Å². The van der Waals surface area contributed by atoms with Crippen molar-refractivity contribution in [3.05, 3.63) is 35.9 Å². The lowest BCUT2D eigenvalue weighted by atomic mass is 9.95. The zero-order valence-electron chi connectivity index (χ0n) is 15.0. The summed E-state index contributed by atoms with van der Waals surface area (Å²) in [6.07, 6.45) is 6.19. The first-order chi connectivity index (χ1) is 12.5. The Bertz CT molecular complexity index is 699. The third-order valence-electron chi connectivity index (χ3n) is 4.02. The molecular weight excluding hydrogens is 336 g/mol. The molecule has 2 N–H and O–H groups in total. The standard InChI is InChI=1S/C19H24N2O5/c1-13-8-9-16(25-2)15(10-13)21-17(22)11-20-18(23)12-26-19(24)14-6-4-3-5-7-14/h3-4,8-10,14H,5-7,11-12H2,1-2H3,(H,20,23)(H,21,22). The fourth-order valence-electron chi connectivity index (χ4n) is 2.61. The summed E-state index contributed by atoms with van der Waals surface area (Å²) in [5, 5.41) is 5.11. The number of aryl methyl sites for hydroxylation is 1. The van der Waals surface area contributed by atoms with Crippen LogP contribution in [-0.2, 0) is 19.1 Å². The third-order valence-corrected chi connectivity index (χ3v) is 4.02. The van der Waals surface area contributed by atoms with Gasteiger partial charge in [-0.15, -0.1) is 0 Å². The summed E-state index contributed by atoms with van der Waals surface area (Å²) >= 11 is 0. The van der Waals surface area contributed by atoms with Crippen LogP contribution in [0.15, 0.2) is 30.4 Å². The van der Waals surface area contributed by atoms with Crippen LogP contribution in [0.2, 0.25) is 0 Å². The number of carbonyl (C=O) groups excluding carboxylic acids is 3. The predicted octanol–water partition coefficient (Wildman–Crippen LogP) is 1.96. The van der Waals surface area contributed by atoms with Gasteiger partial charge in [-0.2, -0.15) is 0 Å². The predicted molar refractivity (Wildman–Crippen MR) is 96.8 cm³/mol. The van der Waals surface area contributed by atoms with E-state index in [4.69, 9.17) is 9.47 Å². The number of amides is 2. The molecule has 0 saturated heterocycles. The van der Waals surface area contributed by atoms with Crippen molar-refractivity contribution in [3.8, 4) is 5.75 Å². The van der Waals surface area contributed by atoms with E-state index in [1.54, 1.807) is 12.1 Å².